The minimum atomic E-state index is -2.17. The first-order chi connectivity index (χ1) is 13.3. The fraction of sp³-hybridized carbons (Fsp3) is 0.158. The van der Waals surface area contributed by atoms with Gasteiger partial charge in [-0.15, -0.1) is 5.10 Å². The Morgan fingerprint density at radius 2 is 2.00 bits per heavy atom. The highest BCUT2D eigenvalue weighted by molar-refractivity contribution is 5.64. The second-order valence-corrected chi connectivity index (χ2v) is 5.81. The molecular formula is C19H19N5O. The van der Waals surface area contributed by atoms with E-state index in [1.165, 1.54) is 4.90 Å². The van der Waals surface area contributed by atoms with E-state index in [1.54, 1.807) is 35.3 Å². The van der Waals surface area contributed by atoms with Gasteiger partial charge in [0.25, 0.3) is 0 Å². The average molecular weight is 336 g/mol. The van der Waals surface area contributed by atoms with E-state index >= 15 is 0 Å². The van der Waals surface area contributed by atoms with Crippen LogP contribution in [0.25, 0.3) is 17.1 Å². The van der Waals surface area contributed by atoms with Gasteiger partial charge in [0.05, 0.1) is 6.67 Å². The van der Waals surface area contributed by atoms with Gasteiger partial charge in [0.15, 0.2) is 5.82 Å². The van der Waals surface area contributed by atoms with Crippen molar-refractivity contribution in [3.8, 4) is 22.8 Å². The van der Waals surface area contributed by atoms with Crippen LogP contribution < -0.4 is 4.90 Å². The minimum Gasteiger partial charge on any atom is -0.506 e. The lowest BCUT2D eigenvalue weighted by Gasteiger charge is -2.18. The fourth-order valence-corrected chi connectivity index (χ4v) is 2.79. The molecule has 0 unspecified atom stereocenters. The number of nitrogens with zero attached hydrogens (tertiary/aromatic N) is 5. The molecule has 1 N–H and O–H groups in total. The quantitative estimate of drug-likeness (QED) is 0.796. The summed E-state index contributed by atoms with van der Waals surface area (Å²) in [6, 6.07) is 14.6. The molecule has 1 aliphatic rings. The molecule has 0 aliphatic carbocycles. The Kier molecular flexibility index (Phi) is 2.90. The third kappa shape index (κ3) is 2.82. The number of aromatic hydroxyl groups is 1. The second kappa shape index (κ2) is 5.98. The molecule has 0 amide bonds. The number of hydrogen-bond acceptors (Lipinski definition) is 5. The molecule has 2 aromatic carbocycles. The standard InChI is InChI=1S/C19H19N5O/c1-14-20-19(21-24(14)17-8-3-4-9-18(17)25)15-6-5-7-16(12-15)23-11-10-22(2)13-23/h3-12,25H,13H2,1-2H3/i2D3. The molecule has 0 saturated carbocycles. The molecule has 0 saturated heterocycles. The first-order valence-corrected chi connectivity index (χ1v) is 7.87. The molecule has 0 atom stereocenters. The molecule has 2 heterocycles. The highest BCUT2D eigenvalue weighted by atomic mass is 16.3. The van der Waals surface area contributed by atoms with E-state index in [1.807, 2.05) is 42.2 Å². The predicted molar refractivity (Wildman–Crippen MR) is 97.4 cm³/mol. The zero-order valence-electron chi connectivity index (χ0n) is 16.7. The summed E-state index contributed by atoms with van der Waals surface area (Å²) in [4.78, 5) is 7.67. The molecule has 6 nitrogen and oxygen atoms in total. The lowest BCUT2D eigenvalue weighted by molar-refractivity contribution is 0.470. The Hall–Kier alpha value is -3.28. The Labute approximate surface area is 150 Å². The highest BCUT2D eigenvalue weighted by Crippen LogP contribution is 2.27. The van der Waals surface area contributed by atoms with Crippen LogP contribution in [0.15, 0.2) is 60.9 Å². The highest BCUT2D eigenvalue weighted by Gasteiger charge is 2.15. The van der Waals surface area contributed by atoms with Crippen molar-refractivity contribution in [2.75, 3.05) is 18.5 Å². The maximum absolute atomic E-state index is 10.1. The van der Waals surface area contributed by atoms with E-state index in [0.717, 1.165) is 11.3 Å². The smallest absolute Gasteiger partial charge is 0.181 e. The van der Waals surface area contributed by atoms with E-state index in [-0.39, 0.29) is 12.4 Å². The maximum atomic E-state index is 10.1. The summed E-state index contributed by atoms with van der Waals surface area (Å²) in [5, 5.41) is 14.6. The summed E-state index contributed by atoms with van der Waals surface area (Å²) in [6.07, 6.45) is 3.31. The molecule has 3 aromatic rings. The first kappa shape index (κ1) is 12.1. The van der Waals surface area contributed by atoms with Crippen LogP contribution in [0.3, 0.4) is 0 Å². The van der Waals surface area contributed by atoms with Crippen molar-refractivity contribution in [2.45, 2.75) is 6.92 Å². The van der Waals surface area contributed by atoms with E-state index < -0.39 is 6.98 Å². The average Bonchev–Trinajstić information content (AvgIpc) is 3.29. The van der Waals surface area contributed by atoms with E-state index in [9.17, 15) is 5.11 Å². The van der Waals surface area contributed by atoms with Gasteiger partial charge >= 0.3 is 0 Å². The van der Waals surface area contributed by atoms with Gasteiger partial charge in [-0.1, -0.05) is 24.3 Å². The topological polar surface area (TPSA) is 57.4 Å². The van der Waals surface area contributed by atoms with Crippen LogP contribution in [-0.2, 0) is 0 Å². The van der Waals surface area contributed by atoms with Crippen molar-refractivity contribution in [2.24, 2.45) is 0 Å². The third-order valence-electron chi connectivity index (χ3n) is 4.05. The molecule has 0 radical (unpaired) electrons. The number of anilines is 1. The summed E-state index contributed by atoms with van der Waals surface area (Å²) in [7, 11) is 0. The number of benzene rings is 2. The molecule has 0 spiro atoms. The van der Waals surface area contributed by atoms with Gasteiger partial charge in [-0.05, 0) is 31.2 Å². The second-order valence-electron chi connectivity index (χ2n) is 5.81. The third-order valence-corrected chi connectivity index (χ3v) is 4.05. The number of phenols is 1. The SMILES string of the molecule is [2H]C([2H])([2H])N1C=CN(c2cccc(-c3nc(C)n(-c4ccccc4O)n3)c2)C1. The largest absolute Gasteiger partial charge is 0.506 e. The van der Waals surface area contributed by atoms with Crippen LogP contribution in [0.4, 0.5) is 5.69 Å². The minimum absolute atomic E-state index is 0.128. The van der Waals surface area contributed by atoms with Gasteiger partial charge in [0.2, 0.25) is 0 Å². The van der Waals surface area contributed by atoms with Crippen molar-refractivity contribution >= 4 is 5.69 Å². The molecule has 0 fully saturated rings. The van der Waals surface area contributed by atoms with Crippen molar-refractivity contribution in [3.05, 3.63) is 66.8 Å². The van der Waals surface area contributed by atoms with Crippen molar-refractivity contribution < 1.29 is 9.22 Å². The zero-order chi connectivity index (χ0) is 19.9. The molecule has 6 heteroatoms. The summed E-state index contributed by atoms with van der Waals surface area (Å²) >= 11 is 0. The molecule has 126 valence electrons. The number of hydrogen-bond donors (Lipinski definition) is 1. The van der Waals surface area contributed by atoms with E-state index in [4.69, 9.17) is 4.11 Å². The number of para-hydroxylation sites is 2. The molecule has 25 heavy (non-hydrogen) atoms. The number of rotatable bonds is 3. The number of aryl methyl sites for hydroxylation is 1. The van der Waals surface area contributed by atoms with Crippen molar-refractivity contribution in [3.63, 3.8) is 0 Å². The van der Waals surface area contributed by atoms with Crippen LogP contribution in [0.5, 0.6) is 5.75 Å². The zero-order valence-corrected chi connectivity index (χ0v) is 13.7. The molecule has 0 bridgehead atoms. The Balaban J connectivity index is 1.64. The van der Waals surface area contributed by atoms with Gasteiger partial charge in [-0.3, -0.25) is 0 Å². The van der Waals surface area contributed by atoms with Gasteiger partial charge in [-0.25, -0.2) is 9.67 Å². The van der Waals surface area contributed by atoms with Crippen LogP contribution in [0.1, 0.15) is 9.94 Å². The Bertz CT molecular complexity index is 1040. The predicted octanol–water partition coefficient (Wildman–Crippen LogP) is 3.13. The van der Waals surface area contributed by atoms with Gasteiger partial charge in [0, 0.05) is 34.7 Å². The fourth-order valence-electron chi connectivity index (χ4n) is 2.79. The van der Waals surface area contributed by atoms with E-state index in [0.29, 0.717) is 17.3 Å². The van der Waals surface area contributed by atoms with Crippen LogP contribution in [-0.4, -0.2) is 38.4 Å². The van der Waals surface area contributed by atoms with Gasteiger partial charge in [-0.2, -0.15) is 0 Å². The molecule has 1 aromatic heterocycles. The summed E-state index contributed by atoms with van der Waals surface area (Å²) in [6.45, 7) is -0.0963. The van der Waals surface area contributed by atoms with E-state index in [2.05, 4.69) is 10.1 Å². The van der Waals surface area contributed by atoms with Gasteiger partial charge < -0.3 is 14.9 Å². The molecule has 4 rings (SSSR count). The summed E-state index contributed by atoms with van der Waals surface area (Å²) in [5.41, 5.74) is 2.21. The summed E-state index contributed by atoms with van der Waals surface area (Å²) < 4.78 is 24.2. The first-order valence-electron chi connectivity index (χ1n) is 9.37. The van der Waals surface area contributed by atoms with Gasteiger partial charge in [0.1, 0.15) is 17.3 Å². The number of phenolic OH excluding ortho intramolecular Hbond substituents is 1. The number of aromatic nitrogens is 3. The monoisotopic (exact) mass is 336 g/mol. The lowest BCUT2D eigenvalue weighted by atomic mass is 10.2. The Morgan fingerprint density at radius 3 is 2.80 bits per heavy atom. The normalized spacial score (nSPS) is 16.0. The van der Waals surface area contributed by atoms with Crippen LogP contribution >= 0.6 is 0 Å². The molecular weight excluding hydrogens is 314 g/mol. The Morgan fingerprint density at radius 1 is 1.12 bits per heavy atom. The van der Waals surface area contributed by atoms with Crippen molar-refractivity contribution in [1.82, 2.24) is 19.7 Å². The van der Waals surface area contributed by atoms with Crippen molar-refractivity contribution in [1.29, 1.82) is 0 Å². The van der Waals surface area contributed by atoms with Crippen LogP contribution in [0.2, 0.25) is 0 Å². The lowest BCUT2D eigenvalue weighted by Crippen LogP contribution is -2.21. The molecule has 1 aliphatic heterocycles. The van der Waals surface area contributed by atoms with Crippen LogP contribution in [0, 0.1) is 6.92 Å². The summed E-state index contributed by atoms with van der Waals surface area (Å²) in [5.74, 6) is 1.30. The maximum Gasteiger partial charge on any atom is 0.181 e.